The van der Waals surface area contributed by atoms with Gasteiger partial charge in [0.05, 0.1) is 5.37 Å². The molecular weight excluding hydrogens is 178 g/mol. The summed E-state index contributed by atoms with van der Waals surface area (Å²) >= 11 is 7.33. The third kappa shape index (κ3) is 2.40. The molecule has 3 heteroatoms. The largest absolute Gasteiger partial charge is 0.316 e. The maximum absolute atomic E-state index is 5.76. The molecule has 1 aromatic carbocycles. The Hall–Kier alpha value is -0.180. The zero-order chi connectivity index (χ0) is 8.27. The fourth-order valence-electron chi connectivity index (χ4n) is 0.789. The first-order valence-electron chi connectivity index (χ1n) is 3.28. The summed E-state index contributed by atoms with van der Waals surface area (Å²) in [5, 5.41) is 0.814. The van der Waals surface area contributed by atoms with Crippen molar-refractivity contribution in [2.75, 3.05) is 6.26 Å². The molecule has 0 spiro atoms. The molecule has 1 rings (SSSR count). The molecular formula is C8H10ClNS. The van der Waals surface area contributed by atoms with Gasteiger partial charge in [0.15, 0.2) is 0 Å². The second-order valence-corrected chi connectivity index (χ2v) is 3.62. The van der Waals surface area contributed by atoms with Crippen molar-refractivity contribution in [2.45, 2.75) is 5.37 Å². The van der Waals surface area contributed by atoms with Crippen molar-refractivity contribution in [1.82, 2.24) is 0 Å². The third-order valence-electron chi connectivity index (χ3n) is 1.45. The highest BCUT2D eigenvalue weighted by atomic mass is 35.5. The molecule has 11 heavy (non-hydrogen) atoms. The van der Waals surface area contributed by atoms with Gasteiger partial charge in [0, 0.05) is 5.02 Å². The van der Waals surface area contributed by atoms with Gasteiger partial charge < -0.3 is 5.73 Å². The molecule has 1 aromatic rings. The molecule has 0 saturated carbocycles. The molecule has 0 saturated heterocycles. The topological polar surface area (TPSA) is 26.0 Å². The van der Waals surface area contributed by atoms with Crippen LogP contribution in [0.1, 0.15) is 10.9 Å². The number of rotatable bonds is 2. The minimum atomic E-state index is 0.0623. The van der Waals surface area contributed by atoms with E-state index in [2.05, 4.69) is 0 Å². The van der Waals surface area contributed by atoms with Crippen LogP contribution in [0.3, 0.4) is 0 Å². The summed E-state index contributed by atoms with van der Waals surface area (Å²) in [6.45, 7) is 0. The molecule has 0 aliphatic heterocycles. The first-order valence-corrected chi connectivity index (χ1v) is 4.94. The monoisotopic (exact) mass is 187 g/mol. The number of halogens is 1. The van der Waals surface area contributed by atoms with Gasteiger partial charge in [-0.05, 0) is 24.0 Å². The molecule has 1 nitrogen and oxygen atoms in total. The lowest BCUT2D eigenvalue weighted by atomic mass is 10.2. The Morgan fingerprint density at radius 2 is 1.91 bits per heavy atom. The number of nitrogens with two attached hydrogens (primary N) is 1. The predicted octanol–water partition coefficient (Wildman–Crippen LogP) is 2.66. The van der Waals surface area contributed by atoms with E-state index in [0.717, 1.165) is 10.6 Å². The van der Waals surface area contributed by atoms with Gasteiger partial charge in [-0.3, -0.25) is 0 Å². The first-order chi connectivity index (χ1) is 5.24. The van der Waals surface area contributed by atoms with Crippen LogP contribution in [0.2, 0.25) is 5.02 Å². The highest BCUT2D eigenvalue weighted by Gasteiger charge is 2.01. The molecule has 60 valence electrons. The van der Waals surface area contributed by atoms with Crippen LogP contribution < -0.4 is 5.73 Å². The quantitative estimate of drug-likeness (QED) is 0.721. The van der Waals surface area contributed by atoms with Crippen molar-refractivity contribution in [3.8, 4) is 0 Å². The molecule has 0 heterocycles. The van der Waals surface area contributed by atoms with Gasteiger partial charge in [-0.25, -0.2) is 0 Å². The molecule has 1 atom stereocenters. The van der Waals surface area contributed by atoms with E-state index in [1.165, 1.54) is 0 Å². The minimum absolute atomic E-state index is 0.0623. The maximum Gasteiger partial charge on any atom is 0.0761 e. The zero-order valence-corrected chi connectivity index (χ0v) is 7.82. The summed E-state index contributed by atoms with van der Waals surface area (Å²) in [7, 11) is 0. The summed E-state index contributed by atoms with van der Waals surface area (Å²) in [5.41, 5.74) is 6.88. The van der Waals surface area contributed by atoms with E-state index in [4.69, 9.17) is 17.3 Å². The van der Waals surface area contributed by atoms with Gasteiger partial charge in [0.1, 0.15) is 0 Å². The molecule has 1 unspecified atom stereocenters. The Balaban J connectivity index is 2.81. The van der Waals surface area contributed by atoms with Crippen LogP contribution in [-0.2, 0) is 0 Å². The van der Waals surface area contributed by atoms with E-state index in [-0.39, 0.29) is 5.37 Å². The standard InChI is InChI=1S/C8H10ClNS/c1-11-8(10)6-2-4-7(9)5-3-6/h2-5,8H,10H2,1H3. The van der Waals surface area contributed by atoms with Crippen LogP contribution in [0.25, 0.3) is 0 Å². The normalized spacial score (nSPS) is 13.0. The van der Waals surface area contributed by atoms with Crippen molar-refractivity contribution in [2.24, 2.45) is 5.73 Å². The van der Waals surface area contributed by atoms with E-state index in [1.807, 2.05) is 30.5 Å². The van der Waals surface area contributed by atoms with Gasteiger partial charge >= 0.3 is 0 Å². The molecule has 0 radical (unpaired) electrons. The van der Waals surface area contributed by atoms with Crippen molar-refractivity contribution >= 4 is 23.4 Å². The fraction of sp³-hybridized carbons (Fsp3) is 0.250. The summed E-state index contributed by atoms with van der Waals surface area (Å²) < 4.78 is 0. The van der Waals surface area contributed by atoms with E-state index < -0.39 is 0 Å². The second-order valence-electron chi connectivity index (χ2n) is 2.21. The van der Waals surface area contributed by atoms with Crippen molar-refractivity contribution in [1.29, 1.82) is 0 Å². The van der Waals surface area contributed by atoms with Crippen LogP contribution in [-0.4, -0.2) is 6.26 Å². The molecule has 0 aliphatic carbocycles. The lowest BCUT2D eigenvalue weighted by Crippen LogP contribution is -2.04. The summed E-state index contributed by atoms with van der Waals surface area (Å²) in [5.74, 6) is 0. The van der Waals surface area contributed by atoms with E-state index in [1.54, 1.807) is 11.8 Å². The minimum Gasteiger partial charge on any atom is -0.316 e. The van der Waals surface area contributed by atoms with Crippen molar-refractivity contribution < 1.29 is 0 Å². The fourth-order valence-corrected chi connectivity index (χ4v) is 1.34. The second kappa shape index (κ2) is 4.00. The van der Waals surface area contributed by atoms with Crippen molar-refractivity contribution in [3.63, 3.8) is 0 Å². The number of hydrogen-bond donors (Lipinski definition) is 1. The van der Waals surface area contributed by atoms with Crippen LogP contribution in [0, 0.1) is 0 Å². The molecule has 0 bridgehead atoms. The molecule has 0 amide bonds. The summed E-state index contributed by atoms with van der Waals surface area (Å²) in [4.78, 5) is 0. The Kier molecular flexibility index (Phi) is 3.24. The molecule has 0 aliphatic rings. The lowest BCUT2D eigenvalue weighted by Gasteiger charge is -2.07. The maximum atomic E-state index is 5.76. The van der Waals surface area contributed by atoms with E-state index in [9.17, 15) is 0 Å². The van der Waals surface area contributed by atoms with Gasteiger partial charge in [-0.2, -0.15) is 0 Å². The summed E-state index contributed by atoms with van der Waals surface area (Å²) in [6.07, 6.45) is 1.99. The summed E-state index contributed by atoms with van der Waals surface area (Å²) in [6, 6.07) is 7.60. The van der Waals surface area contributed by atoms with Crippen LogP contribution in [0.4, 0.5) is 0 Å². The number of benzene rings is 1. The van der Waals surface area contributed by atoms with Crippen LogP contribution >= 0.6 is 23.4 Å². The zero-order valence-electron chi connectivity index (χ0n) is 6.25. The Bertz CT molecular complexity index is 222. The Morgan fingerprint density at radius 1 is 1.36 bits per heavy atom. The van der Waals surface area contributed by atoms with Crippen molar-refractivity contribution in [3.05, 3.63) is 34.9 Å². The Labute approximate surface area is 75.9 Å². The molecule has 0 fully saturated rings. The average molecular weight is 188 g/mol. The Morgan fingerprint density at radius 3 is 2.36 bits per heavy atom. The van der Waals surface area contributed by atoms with Gasteiger partial charge in [0.2, 0.25) is 0 Å². The van der Waals surface area contributed by atoms with Crippen LogP contribution in [0.5, 0.6) is 0 Å². The lowest BCUT2D eigenvalue weighted by molar-refractivity contribution is 1.04. The SMILES string of the molecule is CSC(N)c1ccc(Cl)cc1. The van der Waals surface area contributed by atoms with Gasteiger partial charge in [0.25, 0.3) is 0 Å². The third-order valence-corrected chi connectivity index (χ3v) is 2.48. The smallest absolute Gasteiger partial charge is 0.0761 e. The first kappa shape index (κ1) is 8.91. The molecule has 0 aromatic heterocycles. The number of thioether (sulfide) groups is 1. The molecule has 2 N–H and O–H groups in total. The van der Waals surface area contributed by atoms with Gasteiger partial charge in [-0.15, -0.1) is 11.8 Å². The average Bonchev–Trinajstić information content (AvgIpc) is 2.05. The predicted molar refractivity (Wildman–Crippen MR) is 51.9 cm³/mol. The van der Waals surface area contributed by atoms with E-state index >= 15 is 0 Å². The van der Waals surface area contributed by atoms with Gasteiger partial charge in [-0.1, -0.05) is 23.7 Å². The highest BCUT2D eigenvalue weighted by Crippen LogP contribution is 2.21. The highest BCUT2D eigenvalue weighted by molar-refractivity contribution is 7.98. The van der Waals surface area contributed by atoms with Crippen LogP contribution in [0.15, 0.2) is 24.3 Å². The van der Waals surface area contributed by atoms with E-state index in [0.29, 0.717) is 0 Å². The number of hydrogen-bond acceptors (Lipinski definition) is 2.